The maximum atomic E-state index is 10.0. The molecule has 2 atom stereocenters. The highest BCUT2D eigenvalue weighted by Crippen LogP contribution is 2.36. The fraction of sp³-hybridized carbons (Fsp3) is 0.600. The molecule has 2 nitrogen and oxygen atoms in total. The van der Waals surface area contributed by atoms with Crippen LogP contribution in [0.3, 0.4) is 0 Å². The van der Waals surface area contributed by atoms with Gasteiger partial charge in [0, 0.05) is 10.6 Å². The number of aliphatic hydroxyl groups excluding tert-OH is 1. The quantitative estimate of drug-likeness (QED) is 0.812. The van der Waals surface area contributed by atoms with E-state index in [1.54, 1.807) is 6.92 Å². The van der Waals surface area contributed by atoms with Gasteiger partial charge in [-0.2, -0.15) is 0 Å². The summed E-state index contributed by atoms with van der Waals surface area (Å²) in [5.41, 5.74) is 0.871. The maximum absolute atomic E-state index is 10.0. The number of halogens is 1. The first kappa shape index (κ1) is 17.9. The second-order valence-electron chi connectivity index (χ2n) is 6.78. The van der Waals surface area contributed by atoms with E-state index in [-0.39, 0.29) is 11.1 Å². The highest BCUT2D eigenvalue weighted by atomic mass is 35.5. The van der Waals surface area contributed by atoms with Gasteiger partial charge in [-0.3, -0.25) is 0 Å². The second-order valence-corrected chi connectivity index (χ2v) is 16.7. The predicted molar refractivity (Wildman–Crippen MR) is 89.9 cm³/mol. The Morgan fingerprint density at radius 1 is 1.25 bits per heavy atom. The standard InChI is InChI=1S/C15H25ClO2Si2/c1-11(17)14(12-9-7-8-10-13(12)16)18-19-20(5,6)15(2,3)4/h7-11,14,17H,1-6H3/t11?,14-/m0/s1. The number of aliphatic hydroxyl groups is 1. The molecule has 0 aliphatic carbocycles. The average molecular weight is 329 g/mol. The zero-order valence-corrected chi connectivity index (χ0v) is 16.0. The lowest BCUT2D eigenvalue weighted by Gasteiger charge is -2.37. The van der Waals surface area contributed by atoms with Crippen molar-refractivity contribution in [3.63, 3.8) is 0 Å². The van der Waals surface area contributed by atoms with Crippen molar-refractivity contribution in [1.82, 2.24) is 0 Å². The molecule has 1 unspecified atom stereocenters. The molecule has 112 valence electrons. The van der Waals surface area contributed by atoms with Crippen molar-refractivity contribution in [2.45, 2.75) is 58.0 Å². The van der Waals surface area contributed by atoms with Crippen LogP contribution in [0.5, 0.6) is 0 Å². The molecule has 0 heterocycles. The summed E-state index contributed by atoms with van der Waals surface area (Å²) in [7, 11) is -1.09. The lowest BCUT2D eigenvalue weighted by Crippen LogP contribution is -2.46. The lowest BCUT2D eigenvalue weighted by atomic mass is 10.1. The van der Waals surface area contributed by atoms with Crippen molar-refractivity contribution < 1.29 is 9.53 Å². The first-order valence-electron chi connectivity index (χ1n) is 6.91. The minimum absolute atomic E-state index is 0.273. The zero-order chi connectivity index (χ0) is 15.6. The SMILES string of the molecule is CC(O)[C@H](O[Si][Si](C)(C)C(C)(C)C)c1ccccc1Cl. The Bertz CT molecular complexity index is 442. The van der Waals surface area contributed by atoms with Gasteiger partial charge in [-0.15, -0.1) is 0 Å². The summed E-state index contributed by atoms with van der Waals surface area (Å²) in [6, 6.07) is 7.58. The number of hydrogen-bond acceptors (Lipinski definition) is 2. The maximum Gasteiger partial charge on any atom is 0.213 e. The Morgan fingerprint density at radius 2 is 1.80 bits per heavy atom. The third-order valence-corrected chi connectivity index (χ3v) is 13.1. The van der Waals surface area contributed by atoms with E-state index in [2.05, 4.69) is 33.9 Å². The molecule has 1 aromatic carbocycles. The van der Waals surface area contributed by atoms with Gasteiger partial charge in [-0.25, -0.2) is 0 Å². The summed E-state index contributed by atoms with van der Waals surface area (Å²) in [6.45, 7) is 13.2. The fourth-order valence-electron chi connectivity index (χ4n) is 1.49. The smallest absolute Gasteiger partial charge is 0.213 e. The molecule has 0 aromatic heterocycles. The monoisotopic (exact) mass is 328 g/mol. The number of rotatable bonds is 5. The van der Waals surface area contributed by atoms with Crippen LogP contribution in [0.25, 0.3) is 0 Å². The molecule has 0 fully saturated rings. The van der Waals surface area contributed by atoms with Gasteiger partial charge in [0.25, 0.3) is 0 Å². The Hall–Kier alpha value is -0.136. The van der Waals surface area contributed by atoms with E-state index >= 15 is 0 Å². The topological polar surface area (TPSA) is 29.5 Å². The summed E-state index contributed by atoms with van der Waals surface area (Å²) in [6.07, 6.45) is -0.927. The van der Waals surface area contributed by atoms with E-state index in [1.165, 1.54) is 0 Å². The Balaban J connectivity index is 2.88. The van der Waals surface area contributed by atoms with Crippen LogP contribution in [-0.2, 0) is 4.43 Å². The van der Waals surface area contributed by atoms with Crippen LogP contribution >= 0.6 is 11.6 Å². The summed E-state index contributed by atoms with van der Waals surface area (Å²) >= 11 is 6.23. The molecule has 20 heavy (non-hydrogen) atoms. The van der Waals surface area contributed by atoms with E-state index in [9.17, 15) is 5.11 Å². The van der Waals surface area contributed by atoms with Crippen molar-refractivity contribution in [2.24, 2.45) is 0 Å². The van der Waals surface area contributed by atoms with Gasteiger partial charge in [0.1, 0.15) is 0 Å². The van der Waals surface area contributed by atoms with Gasteiger partial charge in [-0.1, -0.05) is 63.7 Å². The van der Waals surface area contributed by atoms with Crippen LogP contribution in [0.4, 0.5) is 0 Å². The molecule has 5 heteroatoms. The summed E-state index contributed by atoms with van der Waals surface area (Å²) < 4.78 is 6.12. The van der Waals surface area contributed by atoms with E-state index in [4.69, 9.17) is 16.0 Å². The first-order valence-corrected chi connectivity index (χ1v) is 12.2. The van der Waals surface area contributed by atoms with Crippen molar-refractivity contribution in [1.29, 1.82) is 0 Å². The van der Waals surface area contributed by atoms with Crippen molar-refractivity contribution in [2.75, 3.05) is 0 Å². The number of benzene rings is 1. The van der Waals surface area contributed by atoms with Crippen LogP contribution < -0.4 is 0 Å². The van der Waals surface area contributed by atoms with Gasteiger partial charge in [-0.05, 0) is 18.0 Å². The molecule has 0 saturated carbocycles. The molecule has 0 aliphatic heterocycles. The molecule has 0 bridgehead atoms. The van der Waals surface area contributed by atoms with Gasteiger partial charge in [0.05, 0.1) is 19.8 Å². The highest BCUT2D eigenvalue weighted by molar-refractivity contribution is 7.22. The number of hydrogen-bond donors (Lipinski definition) is 1. The minimum atomic E-state index is -1.51. The molecule has 0 aliphatic rings. The van der Waals surface area contributed by atoms with E-state index in [1.807, 2.05) is 24.3 Å². The minimum Gasteiger partial charge on any atom is -0.412 e. The molecule has 0 amide bonds. The third kappa shape index (κ3) is 4.43. The van der Waals surface area contributed by atoms with Crippen molar-refractivity contribution in [3.8, 4) is 0 Å². The molecular formula is C15H25ClO2Si2. The molecule has 0 spiro atoms. The van der Waals surface area contributed by atoms with E-state index in [0.29, 0.717) is 14.3 Å². The van der Waals surface area contributed by atoms with Crippen LogP contribution in [0.1, 0.15) is 39.4 Å². The molecular weight excluding hydrogens is 304 g/mol. The Morgan fingerprint density at radius 3 is 2.25 bits per heavy atom. The molecule has 1 rings (SSSR count). The molecule has 0 saturated heterocycles. The average Bonchev–Trinajstić information content (AvgIpc) is 2.29. The normalized spacial score (nSPS) is 16.0. The predicted octanol–water partition coefficient (Wildman–Crippen LogP) is 4.40. The van der Waals surface area contributed by atoms with Gasteiger partial charge < -0.3 is 9.53 Å². The molecule has 1 aromatic rings. The first-order chi connectivity index (χ1) is 9.06. The van der Waals surface area contributed by atoms with Gasteiger partial charge in [0.2, 0.25) is 9.28 Å². The Kier molecular flexibility index (Phi) is 6.05. The fourth-order valence-corrected chi connectivity index (χ4v) is 4.97. The molecule has 2 radical (unpaired) electrons. The summed E-state index contributed by atoms with van der Waals surface area (Å²) in [5.74, 6) is 0. The lowest BCUT2D eigenvalue weighted by molar-refractivity contribution is 0.0523. The van der Waals surface area contributed by atoms with Crippen LogP contribution in [-0.4, -0.2) is 28.1 Å². The zero-order valence-electron chi connectivity index (χ0n) is 13.2. The highest BCUT2D eigenvalue weighted by Gasteiger charge is 2.38. The third-order valence-electron chi connectivity index (χ3n) is 3.97. The largest absolute Gasteiger partial charge is 0.412 e. The second kappa shape index (κ2) is 6.75. The van der Waals surface area contributed by atoms with Crippen molar-refractivity contribution >= 4 is 28.5 Å². The summed E-state index contributed by atoms with van der Waals surface area (Å²) in [4.78, 5) is 0. The Labute approximate surface area is 131 Å². The molecule has 1 N–H and O–H groups in total. The van der Waals surface area contributed by atoms with Crippen molar-refractivity contribution in [3.05, 3.63) is 34.9 Å². The summed E-state index contributed by atoms with van der Waals surface area (Å²) in [5, 5.41) is 11.0. The van der Waals surface area contributed by atoms with Crippen LogP contribution in [0.2, 0.25) is 23.2 Å². The van der Waals surface area contributed by atoms with Crippen LogP contribution in [0, 0.1) is 0 Å². The van der Waals surface area contributed by atoms with E-state index in [0.717, 1.165) is 5.56 Å². The van der Waals surface area contributed by atoms with Gasteiger partial charge >= 0.3 is 0 Å². The van der Waals surface area contributed by atoms with Crippen LogP contribution in [0.15, 0.2) is 24.3 Å². The van der Waals surface area contributed by atoms with Gasteiger partial charge in [0.15, 0.2) is 0 Å². The van der Waals surface area contributed by atoms with E-state index < -0.39 is 13.7 Å².